The first-order valence-corrected chi connectivity index (χ1v) is 11.7. The van der Waals surface area contributed by atoms with Gasteiger partial charge in [0, 0.05) is 0 Å². The number of hydrogen-bond acceptors (Lipinski definition) is 6. The number of ether oxygens (including phenoxy) is 3. The Bertz CT molecular complexity index is 744. The van der Waals surface area contributed by atoms with Crippen LogP contribution in [0.2, 0.25) is 0 Å². The second-order valence-electron chi connectivity index (χ2n) is 10.5. The minimum Gasteiger partial charge on any atom is -0.392 e. The molecule has 2 saturated heterocycles. The van der Waals surface area contributed by atoms with E-state index in [0.29, 0.717) is 17.8 Å². The summed E-state index contributed by atoms with van der Waals surface area (Å²) < 4.78 is 18.5. The van der Waals surface area contributed by atoms with Crippen LogP contribution in [0.3, 0.4) is 0 Å². The standard InChI is InChI=1S/C24H36O6/c1-12(2)14-6-8-24(3)9-7-16-15(18(14)24)5-4-13(10-25)20-21(16)30-23-22(29-20)19(27)17(26)11-28-23/h4,12,15-17,19-23,25-27H,5-11H2,1-3H3/t15-,16?,17+,19-,20+,21+,22+,23-,24+/m0/s1. The zero-order valence-corrected chi connectivity index (χ0v) is 18.3. The molecule has 0 aromatic carbocycles. The van der Waals surface area contributed by atoms with Crippen LogP contribution in [-0.2, 0) is 14.2 Å². The van der Waals surface area contributed by atoms with Crippen LogP contribution in [0.5, 0.6) is 0 Å². The van der Waals surface area contributed by atoms with Gasteiger partial charge in [-0.3, -0.25) is 0 Å². The molecule has 0 spiro atoms. The third kappa shape index (κ3) is 3.14. The Morgan fingerprint density at radius 3 is 2.70 bits per heavy atom. The number of fused-ring (bicyclic) bond motifs is 6. The lowest BCUT2D eigenvalue weighted by Crippen LogP contribution is -2.63. The smallest absolute Gasteiger partial charge is 0.186 e. The summed E-state index contributed by atoms with van der Waals surface area (Å²) in [6, 6.07) is 0. The van der Waals surface area contributed by atoms with Gasteiger partial charge in [0.15, 0.2) is 6.29 Å². The molecule has 30 heavy (non-hydrogen) atoms. The van der Waals surface area contributed by atoms with Crippen molar-refractivity contribution >= 4 is 0 Å². The third-order valence-corrected chi connectivity index (χ3v) is 8.48. The molecule has 0 bridgehead atoms. The van der Waals surface area contributed by atoms with E-state index in [9.17, 15) is 15.3 Å². The van der Waals surface area contributed by atoms with E-state index in [1.807, 2.05) is 0 Å². The first-order chi connectivity index (χ1) is 14.3. The summed E-state index contributed by atoms with van der Waals surface area (Å²) in [5.41, 5.74) is 4.35. The highest BCUT2D eigenvalue weighted by atomic mass is 16.7. The molecule has 6 heteroatoms. The molecule has 3 fully saturated rings. The molecule has 1 saturated carbocycles. The number of hydrogen-bond donors (Lipinski definition) is 3. The van der Waals surface area contributed by atoms with Crippen LogP contribution in [0, 0.1) is 23.2 Å². The first kappa shape index (κ1) is 21.1. The van der Waals surface area contributed by atoms with Gasteiger partial charge in [0.1, 0.15) is 24.4 Å². The van der Waals surface area contributed by atoms with E-state index in [1.165, 1.54) is 12.8 Å². The topological polar surface area (TPSA) is 88.4 Å². The Morgan fingerprint density at radius 1 is 1.17 bits per heavy atom. The Balaban J connectivity index is 1.52. The van der Waals surface area contributed by atoms with E-state index in [1.54, 1.807) is 11.1 Å². The number of aliphatic hydroxyl groups is 3. The highest BCUT2D eigenvalue weighted by molar-refractivity contribution is 5.36. The number of aliphatic hydroxyl groups excluding tert-OH is 3. The zero-order valence-electron chi connectivity index (χ0n) is 18.3. The van der Waals surface area contributed by atoms with Crippen LogP contribution >= 0.6 is 0 Å². The van der Waals surface area contributed by atoms with Crippen molar-refractivity contribution in [2.75, 3.05) is 13.2 Å². The Kier molecular flexibility index (Phi) is 5.40. The molecule has 9 atom stereocenters. The van der Waals surface area contributed by atoms with E-state index in [4.69, 9.17) is 14.2 Å². The lowest BCUT2D eigenvalue weighted by Gasteiger charge is -2.51. The maximum Gasteiger partial charge on any atom is 0.186 e. The minimum absolute atomic E-state index is 0.0423. The maximum atomic E-state index is 10.5. The van der Waals surface area contributed by atoms with Gasteiger partial charge in [-0.05, 0) is 60.8 Å². The van der Waals surface area contributed by atoms with Gasteiger partial charge in [-0.15, -0.1) is 0 Å². The molecular weight excluding hydrogens is 384 g/mol. The Morgan fingerprint density at radius 2 is 1.97 bits per heavy atom. The highest BCUT2D eigenvalue weighted by Gasteiger charge is 2.56. The van der Waals surface area contributed by atoms with E-state index < -0.39 is 30.7 Å². The number of rotatable bonds is 2. The predicted molar refractivity (Wildman–Crippen MR) is 110 cm³/mol. The molecule has 2 heterocycles. The van der Waals surface area contributed by atoms with Crippen LogP contribution in [0.25, 0.3) is 0 Å². The summed E-state index contributed by atoms with van der Waals surface area (Å²) in [7, 11) is 0. The summed E-state index contributed by atoms with van der Waals surface area (Å²) in [6.07, 6.45) is 3.58. The fourth-order valence-electron chi connectivity index (χ4n) is 6.87. The third-order valence-electron chi connectivity index (χ3n) is 8.48. The van der Waals surface area contributed by atoms with Crippen molar-refractivity contribution < 1.29 is 29.5 Å². The van der Waals surface area contributed by atoms with Gasteiger partial charge in [-0.25, -0.2) is 0 Å². The molecular formula is C24H36O6. The SMILES string of the molecule is CC(C)C1=C2[C@H]3CC=C(CO)[C@H]4O[C@H]5[C@@H](OC[C@@H](O)[C@@H]5O)O[C@@H]4C3CC[C@@]2(C)CC1. The Labute approximate surface area is 178 Å². The number of allylic oxidation sites excluding steroid dienone is 3. The average Bonchev–Trinajstić information content (AvgIpc) is 3.01. The van der Waals surface area contributed by atoms with Crippen LogP contribution in [-0.4, -0.2) is 65.3 Å². The molecule has 1 unspecified atom stereocenters. The van der Waals surface area contributed by atoms with Gasteiger partial charge in [0.05, 0.1) is 19.3 Å². The molecule has 5 aliphatic rings. The largest absolute Gasteiger partial charge is 0.392 e. The lowest BCUT2D eigenvalue weighted by molar-refractivity contribution is -0.351. The summed E-state index contributed by atoms with van der Waals surface area (Å²) >= 11 is 0. The summed E-state index contributed by atoms with van der Waals surface area (Å²) in [6.45, 7) is 7.00. The summed E-state index contributed by atoms with van der Waals surface area (Å²) in [5, 5.41) is 30.6. The maximum absolute atomic E-state index is 10.5. The lowest BCUT2D eigenvalue weighted by atomic mass is 9.60. The molecule has 0 radical (unpaired) electrons. The van der Waals surface area contributed by atoms with Gasteiger partial charge in [-0.1, -0.05) is 38.0 Å². The zero-order chi connectivity index (χ0) is 21.2. The first-order valence-electron chi connectivity index (χ1n) is 11.7. The molecule has 0 aromatic heterocycles. The van der Waals surface area contributed by atoms with Gasteiger partial charge < -0.3 is 29.5 Å². The van der Waals surface area contributed by atoms with Crippen molar-refractivity contribution in [3.05, 3.63) is 22.8 Å². The van der Waals surface area contributed by atoms with Crippen molar-refractivity contribution in [1.29, 1.82) is 0 Å². The molecule has 0 amide bonds. The normalized spacial score (nSPS) is 48.4. The van der Waals surface area contributed by atoms with E-state index in [0.717, 1.165) is 24.8 Å². The Hall–Kier alpha value is -0.760. The van der Waals surface area contributed by atoms with Crippen molar-refractivity contribution in [3.8, 4) is 0 Å². The molecule has 5 rings (SSSR count). The van der Waals surface area contributed by atoms with Crippen molar-refractivity contribution in [1.82, 2.24) is 0 Å². The van der Waals surface area contributed by atoms with E-state index in [2.05, 4.69) is 26.8 Å². The highest BCUT2D eigenvalue weighted by Crippen LogP contribution is 2.59. The molecule has 3 N–H and O–H groups in total. The molecule has 3 aliphatic carbocycles. The molecule has 168 valence electrons. The van der Waals surface area contributed by atoms with E-state index in [-0.39, 0.29) is 24.7 Å². The van der Waals surface area contributed by atoms with Gasteiger partial charge in [-0.2, -0.15) is 0 Å². The minimum atomic E-state index is -1.05. The fraction of sp³-hybridized carbons (Fsp3) is 0.833. The van der Waals surface area contributed by atoms with Crippen LogP contribution in [0.4, 0.5) is 0 Å². The van der Waals surface area contributed by atoms with Crippen molar-refractivity contribution in [3.63, 3.8) is 0 Å². The summed E-state index contributed by atoms with van der Waals surface area (Å²) in [5.74, 6) is 1.23. The molecule has 2 aliphatic heterocycles. The molecule has 6 nitrogen and oxygen atoms in total. The molecule has 0 aromatic rings. The van der Waals surface area contributed by atoms with Crippen LogP contribution < -0.4 is 0 Å². The van der Waals surface area contributed by atoms with Crippen molar-refractivity contribution in [2.45, 2.75) is 89.7 Å². The van der Waals surface area contributed by atoms with Gasteiger partial charge in [0.2, 0.25) is 0 Å². The predicted octanol–water partition coefficient (Wildman–Crippen LogP) is 2.32. The summed E-state index contributed by atoms with van der Waals surface area (Å²) in [4.78, 5) is 0. The van der Waals surface area contributed by atoms with Crippen LogP contribution in [0.1, 0.15) is 52.9 Å². The van der Waals surface area contributed by atoms with Gasteiger partial charge >= 0.3 is 0 Å². The quantitative estimate of drug-likeness (QED) is 0.594. The van der Waals surface area contributed by atoms with Crippen LogP contribution in [0.15, 0.2) is 22.8 Å². The van der Waals surface area contributed by atoms with Gasteiger partial charge in [0.25, 0.3) is 0 Å². The second-order valence-corrected chi connectivity index (χ2v) is 10.5. The second kappa shape index (κ2) is 7.68. The van der Waals surface area contributed by atoms with E-state index >= 15 is 0 Å². The fourth-order valence-corrected chi connectivity index (χ4v) is 6.87. The monoisotopic (exact) mass is 420 g/mol. The van der Waals surface area contributed by atoms with Crippen molar-refractivity contribution in [2.24, 2.45) is 23.2 Å². The average molecular weight is 421 g/mol.